The van der Waals surface area contributed by atoms with Gasteiger partial charge in [0, 0.05) is 12.6 Å². The van der Waals surface area contributed by atoms with Gasteiger partial charge in [0.25, 0.3) is 0 Å². The first kappa shape index (κ1) is 12.6. The van der Waals surface area contributed by atoms with E-state index in [4.69, 9.17) is 5.73 Å². The highest BCUT2D eigenvalue weighted by atomic mass is 15.2. The maximum Gasteiger partial charge on any atom is 0.0258 e. The zero-order chi connectivity index (χ0) is 12.1. The van der Waals surface area contributed by atoms with Crippen molar-refractivity contribution < 1.29 is 0 Å². The van der Waals surface area contributed by atoms with E-state index >= 15 is 0 Å². The van der Waals surface area contributed by atoms with Crippen molar-refractivity contribution in [3.8, 4) is 0 Å². The van der Waals surface area contributed by atoms with Crippen molar-refractivity contribution in [2.75, 3.05) is 19.6 Å². The van der Waals surface area contributed by atoms with E-state index in [9.17, 15) is 0 Å². The lowest BCUT2D eigenvalue weighted by Crippen LogP contribution is -2.44. The van der Waals surface area contributed by atoms with Crippen molar-refractivity contribution in [2.24, 2.45) is 5.73 Å². The molecule has 0 aliphatic carbocycles. The highest BCUT2D eigenvalue weighted by Crippen LogP contribution is 2.15. The molecule has 17 heavy (non-hydrogen) atoms. The van der Waals surface area contributed by atoms with E-state index in [2.05, 4.69) is 36.1 Å². The lowest BCUT2D eigenvalue weighted by molar-refractivity contribution is 0.166. The molecule has 0 saturated carbocycles. The summed E-state index contributed by atoms with van der Waals surface area (Å²) >= 11 is 0. The van der Waals surface area contributed by atoms with Gasteiger partial charge >= 0.3 is 0 Å². The summed E-state index contributed by atoms with van der Waals surface area (Å²) in [7, 11) is 0. The summed E-state index contributed by atoms with van der Waals surface area (Å²) in [5.74, 6) is 0. The van der Waals surface area contributed by atoms with Gasteiger partial charge in [0.2, 0.25) is 0 Å². The summed E-state index contributed by atoms with van der Waals surface area (Å²) in [6.07, 6.45) is 5.16. The van der Waals surface area contributed by atoms with Crippen molar-refractivity contribution in [1.29, 1.82) is 0 Å². The van der Waals surface area contributed by atoms with Crippen molar-refractivity contribution in [2.45, 2.75) is 38.6 Å². The van der Waals surface area contributed by atoms with Crippen molar-refractivity contribution in [3.05, 3.63) is 35.4 Å². The van der Waals surface area contributed by atoms with Crippen LogP contribution < -0.4 is 5.73 Å². The Morgan fingerprint density at radius 1 is 1.24 bits per heavy atom. The van der Waals surface area contributed by atoms with E-state index in [1.165, 1.54) is 43.5 Å². The van der Waals surface area contributed by atoms with Gasteiger partial charge < -0.3 is 5.73 Å². The average molecular weight is 232 g/mol. The molecule has 1 fully saturated rings. The second kappa shape index (κ2) is 6.18. The van der Waals surface area contributed by atoms with Crippen LogP contribution in [-0.4, -0.2) is 30.6 Å². The topological polar surface area (TPSA) is 29.3 Å². The van der Waals surface area contributed by atoms with Gasteiger partial charge in [0.05, 0.1) is 0 Å². The molecule has 1 saturated heterocycles. The first-order chi connectivity index (χ1) is 8.29. The predicted octanol–water partition coefficient (Wildman–Crippen LogP) is 2.35. The van der Waals surface area contributed by atoms with E-state index in [0.29, 0.717) is 6.04 Å². The third-order valence-electron chi connectivity index (χ3n) is 3.73. The smallest absolute Gasteiger partial charge is 0.0258 e. The highest BCUT2D eigenvalue weighted by molar-refractivity contribution is 5.23. The Hall–Kier alpha value is -0.860. The molecule has 1 atom stereocenters. The average Bonchev–Trinajstić information content (AvgIpc) is 2.37. The summed E-state index contributed by atoms with van der Waals surface area (Å²) in [5, 5.41) is 0. The van der Waals surface area contributed by atoms with Crippen LogP contribution in [0.2, 0.25) is 0 Å². The van der Waals surface area contributed by atoms with Crippen LogP contribution in [0.5, 0.6) is 0 Å². The van der Waals surface area contributed by atoms with Gasteiger partial charge in [-0.2, -0.15) is 0 Å². The molecule has 0 amide bonds. The zero-order valence-corrected chi connectivity index (χ0v) is 10.9. The van der Waals surface area contributed by atoms with Crippen LogP contribution in [0.25, 0.3) is 0 Å². The second-order valence-electron chi connectivity index (χ2n) is 5.18. The fraction of sp³-hybridized carbons (Fsp3) is 0.600. The van der Waals surface area contributed by atoms with Gasteiger partial charge in [-0.25, -0.2) is 0 Å². The first-order valence-electron chi connectivity index (χ1n) is 6.79. The van der Waals surface area contributed by atoms with Gasteiger partial charge in [0.15, 0.2) is 0 Å². The van der Waals surface area contributed by atoms with Crippen molar-refractivity contribution in [3.63, 3.8) is 0 Å². The van der Waals surface area contributed by atoms with Crippen LogP contribution in [-0.2, 0) is 6.42 Å². The summed E-state index contributed by atoms with van der Waals surface area (Å²) < 4.78 is 0. The number of nitrogens with two attached hydrogens (primary N) is 1. The molecular weight excluding hydrogens is 208 g/mol. The first-order valence-corrected chi connectivity index (χ1v) is 6.79. The molecule has 2 heteroatoms. The fourth-order valence-electron chi connectivity index (χ4n) is 2.76. The molecule has 0 bridgehead atoms. The number of piperidine rings is 1. The summed E-state index contributed by atoms with van der Waals surface area (Å²) in [6, 6.07) is 9.33. The number of rotatable bonds is 4. The Labute approximate surface area is 105 Å². The minimum absolute atomic E-state index is 0.525. The predicted molar refractivity (Wildman–Crippen MR) is 73.1 cm³/mol. The number of aryl methyl sites for hydroxylation is 1. The van der Waals surface area contributed by atoms with E-state index < -0.39 is 0 Å². The van der Waals surface area contributed by atoms with E-state index in [0.717, 1.165) is 13.0 Å². The molecule has 1 unspecified atom stereocenters. The van der Waals surface area contributed by atoms with Gasteiger partial charge in [-0.1, -0.05) is 36.2 Å². The molecule has 1 aromatic carbocycles. The Balaban J connectivity index is 1.98. The van der Waals surface area contributed by atoms with E-state index in [1.807, 2.05) is 0 Å². The van der Waals surface area contributed by atoms with Crippen LogP contribution in [0.1, 0.15) is 30.4 Å². The molecule has 2 nitrogen and oxygen atoms in total. The SMILES string of the molecule is Cc1cccc(CC(CN)N2CCCCC2)c1. The van der Waals surface area contributed by atoms with Gasteiger partial charge in [-0.3, -0.25) is 4.90 Å². The lowest BCUT2D eigenvalue weighted by Gasteiger charge is -2.34. The third kappa shape index (κ3) is 3.55. The summed E-state index contributed by atoms with van der Waals surface area (Å²) in [4.78, 5) is 2.58. The Bertz CT molecular complexity index is 343. The Morgan fingerprint density at radius 2 is 2.00 bits per heavy atom. The number of likely N-dealkylation sites (tertiary alicyclic amines) is 1. The minimum Gasteiger partial charge on any atom is -0.329 e. The van der Waals surface area contributed by atoms with Crippen LogP contribution >= 0.6 is 0 Å². The normalized spacial score (nSPS) is 19.2. The number of benzene rings is 1. The van der Waals surface area contributed by atoms with Crippen LogP contribution in [0.4, 0.5) is 0 Å². The lowest BCUT2D eigenvalue weighted by atomic mass is 10.0. The van der Waals surface area contributed by atoms with Crippen LogP contribution in [0, 0.1) is 6.92 Å². The molecule has 2 N–H and O–H groups in total. The fourth-order valence-corrected chi connectivity index (χ4v) is 2.76. The van der Waals surface area contributed by atoms with Gasteiger partial charge in [0.1, 0.15) is 0 Å². The minimum atomic E-state index is 0.525. The molecule has 2 rings (SSSR count). The molecule has 1 aliphatic heterocycles. The quantitative estimate of drug-likeness (QED) is 0.863. The number of nitrogens with zero attached hydrogens (tertiary/aromatic N) is 1. The maximum absolute atomic E-state index is 5.95. The van der Waals surface area contributed by atoms with Crippen LogP contribution in [0.15, 0.2) is 24.3 Å². The molecule has 1 heterocycles. The molecule has 1 aromatic rings. The van der Waals surface area contributed by atoms with E-state index in [1.54, 1.807) is 0 Å². The molecule has 0 spiro atoms. The third-order valence-corrected chi connectivity index (χ3v) is 3.73. The van der Waals surface area contributed by atoms with Gasteiger partial charge in [-0.15, -0.1) is 0 Å². The second-order valence-corrected chi connectivity index (χ2v) is 5.18. The number of hydrogen-bond donors (Lipinski definition) is 1. The molecule has 1 aliphatic rings. The van der Waals surface area contributed by atoms with Gasteiger partial charge in [-0.05, 0) is 44.8 Å². The molecule has 94 valence electrons. The molecule has 0 radical (unpaired) electrons. The number of hydrogen-bond acceptors (Lipinski definition) is 2. The van der Waals surface area contributed by atoms with Crippen LogP contribution in [0.3, 0.4) is 0 Å². The zero-order valence-electron chi connectivity index (χ0n) is 10.9. The summed E-state index contributed by atoms with van der Waals surface area (Å²) in [6.45, 7) is 5.39. The van der Waals surface area contributed by atoms with Crippen molar-refractivity contribution in [1.82, 2.24) is 4.90 Å². The van der Waals surface area contributed by atoms with E-state index in [-0.39, 0.29) is 0 Å². The summed E-state index contributed by atoms with van der Waals surface area (Å²) in [5.41, 5.74) is 8.71. The van der Waals surface area contributed by atoms with Crippen molar-refractivity contribution >= 4 is 0 Å². The molecular formula is C15H24N2. The highest BCUT2D eigenvalue weighted by Gasteiger charge is 2.19. The largest absolute Gasteiger partial charge is 0.329 e. The Kier molecular flexibility index (Phi) is 4.57. The Morgan fingerprint density at radius 3 is 2.65 bits per heavy atom. The standard InChI is InChI=1S/C15H24N2/c1-13-6-5-7-14(10-13)11-15(12-16)17-8-3-2-4-9-17/h5-7,10,15H,2-4,8-9,11-12,16H2,1H3. The molecule has 0 aromatic heterocycles. The maximum atomic E-state index is 5.95. The monoisotopic (exact) mass is 232 g/mol.